The third-order valence-electron chi connectivity index (χ3n) is 2.67. The fourth-order valence-electron chi connectivity index (χ4n) is 2.17. The Morgan fingerprint density at radius 3 is 2.16 bits per heavy atom. The predicted octanol–water partition coefficient (Wildman–Crippen LogP) is 3.82. The van der Waals surface area contributed by atoms with Crippen LogP contribution in [0.4, 0.5) is 4.79 Å². The van der Waals surface area contributed by atoms with Crippen LogP contribution in [0.15, 0.2) is 0 Å². The number of amides is 1. The number of ether oxygens (including phenoxy) is 1. The third-order valence-corrected chi connectivity index (χ3v) is 2.67. The van der Waals surface area contributed by atoms with Crippen LogP contribution < -0.4 is 0 Å². The number of nitriles is 1. The normalized spacial score (nSPS) is 16.9. The van der Waals surface area contributed by atoms with Gasteiger partial charge in [0.2, 0.25) is 0 Å². The van der Waals surface area contributed by atoms with Crippen molar-refractivity contribution >= 4 is 6.09 Å². The van der Waals surface area contributed by atoms with E-state index in [0.29, 0.717) is 19.0 Å². The first-order valence-electron chi connectivity index (χ1n) is 7.07. The molecule has 4 nitrogen and oxygen atoms in total. The van der Waals surface area contributed by atoms with Crippen molar-refractivity contribution in [2.75, 3.05) is 13.1 Å². The summed E-state index contributed by atoms with van der Waals surface area (Å²) in [5.41, 5.74) is -0.828. The van der Waals surface area contributed by atoms with Crippen LogP contribution in [-0.2, 0) is 4.74 Å². The molecule has 0 aromatic heterocycles. The van der Waals surface area contributed by atoms with Crippen molar-refractivity contribution in [3.05, 3.63) is 0 Å². The summed E-state index contributed by atoms with van der Waals surface area (Å²) < 4.78 is 5.26. The molecule has 1 aliphatic heterocycles. The van der Waals surface area contributed by atoms with Gasteiger partial charge < -0.3 is 9.64 Å². The number of hydrogen-bond donors (Lipinski definition) is 0. The van der Waals surface area contributed by atoms with Crippen molar-refractivity contribution in [2.45, 2.75) is 60.5 Å². The first-order valence-corrected chi connectivity index (χ1v) is 7.07. The molecule has 0 unspecified atom stereocenters. The topological polar surface area (TPSA) is 53.3 Å². The Kier molecular flexibility index (Phi) is 6.35. The van der Waals surface area contributed by atoms with Gasteiger partial charge >= 0.3 is 6.09 Å². The van der Waals surface area contributed by atoms with Gasteiger partial charge in [-0.2, -0.15) is 5.26 Å². The lowest BCUT2D eigenvalue weighted by Gasteiger charge is -2.46. The van der Waals surface area contributed by atoms with Crippen molar-refractivity contribution < 1.29 is 9.53 Å². The highest BCUT2D eigenvalue weighted by atomic mass is 16.6. The van der Waals surface area contributed by atoms with Gasteiger partial charge in [-0.3, -0.25) is 0 Å². The first kappa shape index (κ1) is 17.8. The Hall–Kier alpha value is -1.24. The summed E-state index contributed by atoms with van der Waals surface area (Å²) in [6, 6.07) is 2.34. The summed E-state index contributed by atoms with van der Waals surface area (Å²) in [5, 5.41) is 9.19. The molecule has 0 aromatic rings. The summed E-state index contributed by atoms with van der Waals surface area (Å²) in [4.78, 5) is 13.3. The summed E-state index contributed by atoms with van der Waals surface area (Å²) in [6.45, 7) is 14.7. The van der Waals surface area contributed by atoms with E-state index in [1.54, 1.807) is 4.90 Å². The van der Waals surface area contributed by atoms with E-state index in [4.69, 9.17) is 4.74 Å². The zero-order chi connectivity index (χ0) is 15.3. The van der Waals surface area contributed by atoms with Gasteiger partial charge in [0.05, 0.1) is 11.5 Å². The maximum atomic E-state index is 11.7. The fraction of sp³-hybridized carbons (Fsp3) is 0.867. The zero-order valence-electron chi connectivity index (χ0n) is 13.4. The lowest BCUT2D eigenvalue weighted by atomic mass is 9.75. The van der Waals surface area contributed by atoms with Crippen LogP contribution in [0.3, 0.4) is 0 Å². The highest BCUT2D eigenvalue weighted by Gasteiger charge is 2.47. The molecule has 1 rings (SSSR count). The number of hydrogen-bond acceptors (Lipinski definition) is 3. The average molecular weight is 268 g/mol. The summed E-state index contributed by atoms with van der Waals surface area (Å²) in [5.74, 6) is 0.468. The third kappa shape index (κ3) is 5.50. The molecule has 0 N–H and O–H groups in total. The van der Waals surface area contributed by atoms with Crippen molar-refractivity contribution in [2.24, 2.45) is 11.3 Å². The van der Waals surface area contributed by atoms with Crippen LogP contribution in [0.1, 0.15) is 54.9 Å². The Balaban J connectivity index is 0.00000154. The van der Waals surface area contributed by atoms with Gasteiger partial charge in [-0.1, -0.05) is 27.7 Å². The zero-order valence-corrected chi connectivity index (χ0v) is 13.4. The molecule has 19 heavy (non-hydrogen) atoms. The monoisotopic (exact) mass is 268 g/mol. The van der Waals surface area contributed by atoms with Crippen LogP contribution in [0.5, 0.6) is 0 Å². The number of carbonyl (C=O) groups excluding carboxylic acids is 1. The average Bonchev–Trinajstić information content (AvgIpc) is 2.22. The lowest BCUT2D eigenvalue weighted by molar-refractivity contribution is -0.0214. The molecule has 4 heteroatoms. The molecule has 1 fully saturated rings. The maximum absolute atomic E-state index is 11.7. The van der Waals surface area contributed by atoms with E-state index in [1.165, 1.54) is 0 Å². The number of rotatable bonds is 2. The molecule has 0 aromatic carbocycles. The van der Waals surface area contributed by atoms with E-state index >= 15 is 0 Å². The van der Waals surface area contributed by atoms with Gasteiger partial charge in [0.25, 0.3) is 0 Å². The van der Waals surface area contributed by atoms with Gasteiger partial charge in [0, 0.05) is 13.1 Å². The molecule has 0 saturated carbocycles. The largest absolute Gasteiger partial charge is 0.444 e. The highest BCUT2D eigenvalue weighted by molar-refractivity contribution is 5.69. The SMILES string of the molecule is CC.CC(C)CC1(C#N)CN(C(=O)OC(C)(C)C)C1. The molecule has 1 heterocycles. The standard InChI is InChI=1S/C13H22N2O2.C2H6/c1-10(2)6-13(7-14)8-15(9-13)11(16)17-12(3,4)5;1-2/h10H,6,8-9H2,1-5H3;1-2H3. The Morgan fingerprint density at radius 1 is 1.37 bits per heavy atom. The predicted molar refractivity (Wildman–Crippen MR) is 76.7 cm³/mol. The van der Waals surface area contributed by atoms with Gasteiger partial charge in [0.15, 0.2) is 0 Å². The van der Waals surface area contributed by atoms with Gasteiger partial charge in [0.1, 0.15) is 5.60 Å². The van der Waals surface area contributed by atoms with Crippen LogP contribution in [0, 0.1) is 22.7 Å². The van der Waals surface area contributed by atoms with Crippen LogP contribution in [0.25, 0.3) is 0 Å². The Morgan fingerprint density at radius 2 is 1.84 bits per heavy atom. The van der Waals surface area contributed by atoms with Crippen LogP contribution in [0.2, 0.25) is 0 Å². The molecular weight excluding hydrogens is 240 g/mol. The minimum Gasteiger partial charge on any atom is -0.444 e. The van der Waals surface area contributed by atoms with Crippen molar-refractivity contribution in [3.63, 3.8) is 0 Å². The van der Waals surface area contributed by atoms with E-state index in [0.717, 1.165) is 6.42 Å². The molecule has 1 saturated heterocycles. The van der Waals surface area contributed by atoms with Gasteiger partial charge in [-0.15, -0.1) is 0 Å². The second-order valence-electron chi connectivity index (χ2n) is 6.33. The van der Waals surface area contributed by atoms with E-state index in [9.17, 15) is 10.1 Å². The molecule has 0 spiro atoms. The molecule has 0 bridgehead atoms. The van der Waals surface area contributed by atoms with E-state index < -0.39 is 5.60 Å². The molecule has 110 valence electrons. The molecule has 0 radical (unpaired) electrons. The molecular formula is C15H28N2O2. The van der Waals surface area contributed by atoms with Crippen LogP contribution >= 0.6 is 0 Å². The smallest absolute Gasteiger partial charge is 0.410 e. The molecule has 0 atom stereocenters. The number of carbonyl (C=O) groups is 1. The van der Waals surface area contributed by atoms with Gasteiger partial charge in [-0.05, 0) is 33.1 Å². The van der Waals surface area contributed by atoms with E-state index in [1.807, 2.05) is 34.6 Å². The highest BCUT2D eigenvalue weighted by Crippen LogP contribution is 2.36. The Labute approximate surface area is 117 Å². The quantitative estimate of drug-likeness (QED) is 0.765. The molecule has 0 aliphatic carbocycles. The fourth-order valence-corrected chi connectivity index (χ4v) is 2.17. The maximum Gasteiger partial charge on any atom is 0.410 e. The molecule has 1 amide bonds. The molecule has 1 aliphatic rings. The first-order chi connectivity index (χ1) is 8.67. The Bertz CT molecular complexity index is 331. The number of likely N-dealkylation sites (tertiary alicyclic amines) is 1. The number of nitrogens with zero attached hydrogens (tertiary/aromatic N) is 2. The second-order valence-corrected chi connectivity index (χ2v) is 6.33. The summed E-state index contributed by atoms with van der Waals surface area (Å²) >= 11 is 0. The van der Waals surface area contributed by atoms with Crippen molar-refractivity contribution in [3.8, 4) is 6.07 Å². The van der Waals surface area contributed by atoms with E-state index in [2.05, 4.69) is 19.9 Å². The van der Waals surface area contributed by atoms with Gasteiger partial charge in [-0.25, -0.2) is 4.79 Å². The summed E-state index contributed by atoms with van der Waals surface area (Å²) in [7, 11) is 0. The minimum atomic E-state index is -0.472. The summed E-state index contributed by atoms with van der Waals surface area (Å²) in [6.07, 6.45) is 0.523. The lowest BCUT2D eigenvalue weighted by Crippen LogP contribution is -2.59. The minimum absolute atomic E-state index is 0.313. The van der Waals surface area contributed by atoms with Crippen LogP contribution in [-0.4, -0.2) is 29.7 Å². The second kappa shape index (κ2) is 6.79. The van der Waals surface area contributed by atoms with Crippen molar-refractivity contribution in [1.29, 1.82) is 5.26 Å². The van der Waals surface area contributed by atoms with Crippen molar-refractivity contribution in [1.82, 2.24) is 4.90 Å². The van der Waals surface area contributed by atoms with E-state index in [-0.39, 0.29) is 11.5 Å².